The van der Waals surface area contributed by atoms with Crippen molar-refractivity contribution >= 4 is 0 Å². The van der Waals surface area contributed by atoms with E-state index in [0.29, 0.717) is 0 Å². The summed E-state index contributed by atoms with van der Waals surface area (Å²) in [5.41, 5.74) is 0. The van der Waals surface area contributed by atoms with Gasteiger partial charge < -0.3 is 5.32 Å². The van der Waals surface area contributed by atoms with Gasteiger partial charge in [-0.2, -0.15) is 0 Å². The molecule has 1 saturated heterocycles. The van der Waals surface area contributed by atoms with Gasteiger partial charge in [0.1, 0.15) is 0 Å². The fourth-order valence-electron chi connectivity index (χ4n) is 4.26. The van der Waals surface area contributed by atoms with Crippen LogP contribution in [0.1, 0.15) is 65.2 Å². The summed E-state index contributed by atoms with van der Waals surface area (Å²) in [7, 11) is 0. The molecule has 2 atom stereocenters. The zero-order valence-corrected chi connectivity index (χ0v) is 12.9. The number of rotatable bonds is 3. The largest absolute Gasteiger partial charge is 0.311 e. The Balaban J connectivity index is 1.67. The molecule has 3 rings (SSSR count). The Morgan fingerprint density at radius 2 is 1.63 bits per heavy atom. The molecule has 0 bridgehead atoms. The minimum Gasteiger partial charge on any atom is -0.311 e. The van der Waals surface area contributed by atoms with Crippen LogP contribution < -0.4 is 5.32 Å². The quantitative estimate of drug-likeness (QED) is 0.786. The fraction of sp³-hybridized carbons (Fsp3) is 1.00. The SMILES string of the molecule is CC(C)C1CNC(C2CC2)CN1C1CCCCCC1. The second-order valence-electron chi connectivity index (χ2n) is 7.51. The van der Waals surface area contributed by atoms with Gasteiger partial charge in [0.25, 0.3) is 0 Å². The average Bonchev–Trinajstić information content (AvgIpc) is 3.25. The van der Waals surface area contributed by atoms with Crippen molar-refractivity contribution in [3.8, 4) is 0 Å². The highest BCUT2D eigenvalue weighted by atomic mass is 15.3. The van der Waals surface area contributed by atoms with Crippen molar-refractivity contribution in [3.63, 3.8) is 0 Å². The van der Waals surface area contributed by atoms with Crippen LogP contribution in [0.5, 0.6) is 0 Å². The first kappa shape index (κ1) is 13.9. The fourth-order valence-corrected chi connectivity index (χ4v) is 4.26. The summed E-state index contributed by atoms with van der Waals surface area (Å²) in [6.45, 7) is 7.38. The average molecular weight is 264 g/mol. The first-order valence-electron chi connectivity index (χ1n) is 8.75. The maximum Gasteiger partial charge on any atom is 0.0247 e. The molecule has 0 spiro atoms. The van der Waals surface area contributed by atoms with Crippen LogP contribution in [0.25, 0.3) is 0 Å². The molecule has 2 nitrogen and oxygen atoms in total. The molecule has 1 heterocycles. The van der Waals surface area contributed by atoms with Gasteiger partial charge in [0, 0.05) is 31.2 Å². The van der Waals surface area contributed by atoms with Crippen molar-refractivity contribution in [2.45, 2.75) is 83.3 Å². The first-order chi connectivity index (χ1) is 9.25. The van der Waals surface area contributed by atoms with Crippen LogP contribution in [-0.2, 0) is 0 Å². The van der Waals surface area contributed by atoms with E-state index >= 15 is 0 Å². The van der Waals surface area contributed by atoms with Gasteiger partial charge in [0.05, 0.1) is 0 Å². The predicted molar refractivity (Wildman–Crippen MR) is 81.3 cm³/mol. The van der Waals surface area contributed by atoms with Gasteiger partial charge in [-0.3, -0.25) is 4.90 Å². The molecule has 3 fully saturated rings. The molecule has 110 valence electrons. The van der Waals surface area contributed by atoms with E-state index in [2.05, 4.69) is 24.1 Å². The summed E-state index contributed by atoms with van der Waals surface area (Å²) in [6, 6.07) is 2.47. The molecule has 0 radical (unpaired) electrons. The van der Waals surface area contributed by atoms with Crippen LogP contribution in [0.3, 0.4) is 0 Å². The van der Waals surface area contributed by atoms with E-state index in [-0.39, 0.29) is 0 Å². The van der Waals surface area contributed by atoms with Crippen LogP contribution in [0, 0.1) is 11.8 Å². The van der Waals surface area contributed by atoms with Crippen molar-refractivity contribution in [1.29, 1.82) is 0 Å². The topological polar surface area (TPSA) is 15.3 Å². The number of piperazine rings is 1. The molecule has 2 aliphatic carbocycles. The molecule has 3 aliphatic rings. The Bertz CT molecular complexity index is 277. The number of nitrogens with zero attached hydrogens (tertiary/aromatic N) is 1. The van der Waals surface area contributed by atoms with Gasteiger partial charge in [0.2, 0.25) is 0 Å². The molecule has 2 unspecified atom stereocenters. The van der Waals surface area contributed by atoms with Gasteiger partial charge >= 0.3 is 0 Å². The van der Waals surface area contributed by atoms with E-state index in [1.165, 1.54) is 64.5 Å². The lowest BCUT2D eigenvalue weighted by molar-refractivity contribution is 0.0442. The molecule has 0 aromatic rings. The Hall–Kier alpha value is -0.0800. The van der Waals surface area contributed by atoms with Crippen molar-refractivity contribution in [2.75, 3.05) is 13.1 Å². The maximum absolute atomic E-state index is 3.86. The molecule has 1 N–H and O–H groups in total. The number of hydrogen-bond donors (Lipinski definition) is 1. The number of hydrogen-bond acceptors (Lipinski definition) is 2. The molecule has 19 heavy (non-hydrogen) atoms. The van der Waals surface area contributed by atoms with Gasteiger partial charge in [-0.15, -0.1) is 0 Å². The molecule has 1 aliphatic heterocycles. The number of nitrogens with one attached hydrogen (secondary N) is 1. The predicted octanol–water partition coefficient (Wildman–Crippen LogP) is 3.42. The summed E-state index contributed by atoms with van der Waals surface area (Å²) in [5, 5.41) is 3.86. The monoisotopic (exact) mass is 264 g/mol. The van der Waals surface area contributed by atoms with Gasteiger partial charge in [0.15, 0.2) is 0 Å². The van der Waals surface area contributed by atoms with E-state index in [0.717, 1.165) is 30.0 Å². The Morgan fingerprint density at radius 3 is 2.21 bits per heavy atom. The molecule has 0 aromatic heterocycles. The summed E-state index contributed by atoms with van der Waals surface area (Å²) >= 11 is 0. The highest BCUT2D eigenvalue weighted by Crippen LogP contribution is 2.36. The molecule has 2 saturated carbocycles. The third-order valence-corrected chi connectivity index (χ3v) is 5.68. The third-order valence-electron chi connectivity index (χ3n) is 5.68. The summed E-state index contributed by atoms with van der Waals surface area (Å²) in [4.78, 5) is 2.93. The Morgan fingerprint density at radius 1 is 0.947 bits per heavy atom. The van der Waals surface area contributed by atoms with Crippen molar-refractivity contribution in [1.82, 2.24) is 10.2 Å². The van der Waals surface area contributed by atoms with Gasteiger partial charge in [-0.05, 0) is 37.5 Å². The van der Waals surface area contributed by atoms with Crippen LogP contribution in [0.2, 0.25) is 0 Å². The van der Waals surface area contributed by atoms with E-state index in [1.54, 1.807) is 0 Å². The minimum atomic E-state index is 0.776. The van der Waals surface area contributed by atoms with Crippen LogP contribution in [-0.4, -0.2) is 36.1 Å². The summed E-state index contributed by atoms with van der Waals surface area (Å²) in [6.07, 6.45) is 11.7. The van der Waals surface area contributed by atoms with Gasteiger partial charge in [-0.25, -0.2) is 0 Å². The van der Waals surface area contributed by atoms with Crippen LogP contribution in [0.4, 0.5) is 0 Å². The molecular formula is C17H32N2. The molecule has 0 aromatic carbocycles. The highest BCUT2D eigenvalue weighted by Gasteiger charge is 2.40. The summed E-state index contributed by atoms with van der Waals surface area (Å²) < 4.78 is 0. The van der Waals surface area contributed by atoms with Crippen LogP contribution in [0.15, 0.2) is 0 Å². The Kier molecular flexibility index (Phi) is 4.48. The van der Waals surface area contributed by atoms with E-state index in [9.17, 15) is 0 Å². The lowest BCUT2D eigenvalue weighted by Crippen LogP contribution is -2.61. The third kappa shape index (κ3) is 3.33. The van der Waals surface area contributed by atoms with E-state index in [1.807, 2.05) is 0 Å². The lowest BCUT2D eigenvalue weighted by Gasteiger charge is -2.46. The summed E-state index contributed by atoms with van der Waals surface area (Å²) in [5.74, 6) is 1.79. The smallest absolute Gasteiger partial charge is 0.0247 e. The first-order valence-corrected chi connectivity index (χ1v) is 8.75. The minimum absolute atomic E-state index is 0.776. The zero-order chi connectivity index (χ0) is 13.2. The van der Waals surface area contributed by atoms with Crippen molar-refractivity contribution < 1.29 is 0 Å². The Labute approximate surface area is 119 Å². The van der Waals surface area contributed by atoms with Crippen molar-refractivity contribution in [3.05, 3.63) is 0 Å². The van der Waals surface area contributed by atoms with E-state index < -0.39 is 0 Å². The lowest BCUT2D eigenvalue weighted by atomic mass is 9.93. The van der Waals surface area contributed by atoms with Crippen LogP contribution >= 0.6 is 0 Å². The second-order valence-corrected chi connectivity index (χ2v) is 7.51. The van der Waals surface area contributed by atoms with Gasteiger partial charge in [-0.1, -0.05) is 39.5 Å². The molecule has 2 heteroatoms. The van der Waals surface area contributed by atoms with E-state index in [4.69, 9.17) is 0 Å². The molecule has 0 amide bonds. The normalized spacial score (nSPS) is 35.5. The maximum atomic E-state index is 3.86. The highest BCUT2D eigenvalue weighted by molar-refractivity contribution is 4.97. The second kappa shape index (κ2) is 6.13. The van der Waals surface area contributed by atoms with Crippen molar-refractivity contribution in [2.24, 2.45) is 11.8 Å². The zero-order valence-electron chi connectivity index (χ0n) is 12.9. The standard InChI is InChI=1S/C17H32N2/c1-13(2)17-11-18-16(14-9-10-14)12-19(17)15-7-5-3-4-6-8-15/h13-18H,3-12H2,1-2H3. The molecular weight excluding hydrogens is 232 g/mol.